The van der Waals surface area contributed by atoms with Crippen molar-refractivity contribution >= 4 is 5.97 Å². The molecule has 26 heavy (non-hydrogen) atoms. The van der Waals surface area contributed by atoms with Gasteiger partial charge in [0.25, 0.3) is 5.56 Å². The van der Waals surface area contributed by atoms with Crippen molar-refractivity contribution in [2.24, 2.45) is 7.05 Å². The Morgan fingerprint density at radius 3 is 2.31 bits per heavy atom. The van der Waals surface area contributed by atoms with Crippen LogP contribution in [0.4, 0.5) is 17.6 Å². The van der Waals surface area contributed by atoms with Gasteiger partial charge in [0, 0.05) is 13.1 Å². The quantitative estimate of drug-likeness (QED) is 0.610. The van der Waals surface area contributed by atoms with Gasteiger partial charge in [0.15, 0.2) is 0 Å². The average molecular weight is 374 g/mol. The second kappa shape index (κ2) is 6.77. The second-order valence-corrected chi connectivity index (χ2v) is 5.66. The van der Waals surface area contributed by atoms with E-state index in [4.69, 9.17) is 4.74 Å². The number of carbonyl (C=O) groups excluding carboxylic acids is 1. The fourth-order valence-electron chi connectivity index (χ4n) is 2.22. The molecule has 0 amide bonds. The van der Waals surface area contributed by atoms with Gasteiger partial charge >= 0.3 is 17.8 Å². The van der Waals surface area contributed by atoms with E-state index in [2.05, 4.69) is 0 Å². The Hall–Kier alpha value is -2.91. The largest absolute Gasteiger partial charge is 0.459 e. The van der Waals surface area contributed by atoms with E-state index in [-0.39, 0.29) is 16.3 Å². The number of halogens is 4. The van der Waals surface area contributed by atoms with Gasteiger partial charge in [-0.1, -0.05) is 0 Å². The lowest BCUT2D eigenvalue weighted by Gasteiger charge is -2.14. The molecule has 0 aliphatic carbocycles. The van der Waals surface area contributed by atoms with E-state index in [1.165, 1.54) is 13.8 Å². The van der Waals surface area contributed by atoms with Crippen molar-refractivity contribution in [1.29, 1.82) is 0 Å². The minimum atomic E-state index is -4.90. The Bertz CT molecular complexity index is 974. The number of esters is 1. The molecule has 0 radical (unpaired) electrons. The Kier molecular flexibility index (Phi) is 5.06. The summed E-state index contributed by atoms with van der Waals surface area (Å²) in [6.07, 6.45) is -5.45. The van der Waals surface area contributed by atoms with E-state index in [1.807, 2.05) is 0 Å². The average Bonchev–Trinajstić information content (AvgIpc) is 2.50. The molecule has 2 rings (SSSR count). The lowest BCUT2D eigenvalue weighted by atomic mass is 10.2. The molecule has 1 aromatic heterocycles. The summed E-state index contributed by atoms with van der Waals surface area (Å²) in [7, 11) is 0.846. The van der Waals surface area contributed by atoms with E-state index in [9.17, 15) is 31.9 Å². The van der Waals surface area contributed by atoms with Crippen LogP contribution in [0.15, 0.2) is 33.9 Å². The van der Waals surface area contributed by atoms with E-state index in [1.54, 1.807) is 0 Å². The van der Waals surface area contributed by atoms with E-state index in [0.29, 0.717) is 4.57 Å². The van der Waals surface area contributed by atoms with Crippen LogP contribution in [0.25, 0.3) is 5.69 Å². The normalized spacial score (nSPS) is 11.7. The predicted molar refractivity (Wildman–Crippen MR) is 82.8 cm³/mol. The maximum absolute atomic E-state index is 13.9. The summed E-state index contributed by atoms with van der Waals surface area (Å²) in [5.41, 5.74) is -4.80. The Morgan fingerprint density at radius 1 is 1.15 bits per heavy atom. The summed E-state index contributed by atoms with van der Waals surface area (Å²) in [6, 6.07) is 2.93. The summed E-state index contributed by atoms with van der Waals surface area (Å²) in [4.78, 5) is 36.2. The standard InChI is InChI=1S/C16H14F4N2O4/c1-8(2)26-14(24)10-6-9(4-5-11(10)17)22-13(23)7-12(16(18,19)20)21(3)15(22)25/h4-8H,1-3H3. The van der Waals surface area contributed by atoms with Crippen molar-refractivity contribution in [3.05, 3.63) is 62.2 Å². The minimum absolute atomic E-state index is 0.247. The molecule has 10 heteroatoms. The van der Waals surface area contributed by atoms with E-state index in [0.717, 1.165) is 25.2 Å². The predicted octanol–water partition coefficient (Wildman–Crippen LogP) is 2.26. The summed E-state index contributed by atoms with van der Waals surface area (Å²) in [5, 5.41) is 0. The third-order valence-corrected chi connectivity index (χ3v) is 3.38. The molecule has 1 heterocycles. The molecule has 6 nitrogen and oxygen atoms in total. The third-order valence-electron chi connectivity index (χ3n) is 3.38. The number of hydrogen-bond acceptors (Lipinski definition) is 4. The first-order chi connectivity index (χ1) is 11.9. The molecule has 0 atom stereocenters. The molecule has 0 bridgehead atoms. The maximum atomic E-state index is 13.9. The van der Waals surface area contributed by atoms with Crippen LogP contribution < -0.4 is 11.2 Å². The van der Waals surface area contributed by atoms with Crippen LogP contribution in [0.5, 0.6) is 0 Å². The lowest BCUT2D eigenvalue weighted by molar-refractivity contribution is -0.144. The second-order valence-electron chi connectivity index (χ2n) is 5.66. The number of ether oxygens (including phenoxy) is 1. The number of alkyl halides is 3. The zero-order valence-corrected chi connectivity index (χ0v) is 13.9. The smallest absolute Gasteiger partial charge is 0.431 e. The molecule has 1 aromatic carbocycles. The zero-order chi connectivity index (χ0) is 19.8. The van der Waals surface area contributed by atoms with Crippen LogP contribution in [-0.4, -0.2) is 21.2 Å². The summed E-state index contributed by atoms with van der Waals surface area (Å²) in [6.45, 7) is 3.07. The SMILES string of the molecule is CC(C)OC(=O)c1cc(-n2c(=O)cc(C(F)(F)F)n(C)c2=O)ccc1F. The summed E-state index contributed by atoms with van der Waals surface area (Å²) >= 11 is 0. The number of nitrogens with zero attached hydrogens (tertiary/aromatic N) is 2. The highest BCUT2D eigenvalue weighted by atomic mass is 19.4. The van der Waals surface area contributed by atoms with Gasteiger partial charge in [-0.3, -0.25) is 9.36 Å². The van der Waals surface area contributed by atoms with Crippen molar-refractivity contribution in [2.45, 2.75) is 26.1 Å². The molecule has 0 unspecified atom stereocenters. The Morgan fingerprint density at radius 2 is 1.77 bits per heavy atom. The molecule has 0 aliphatic heterocycles. The third kappa shape index (κ3) is 3.68. The summed E-state index contributed by atoms with van der Waals surface area (Å²) < 4.78 is 58.0. The van der Waals surface area contributed by atoms with Crippen molar-refractivity contribution in [3.8, 4) is 5.69 Å². The van der Waals surface area contributed by atoms with Crippen LogP contribution in [0.2, 0.25) is 0 Å². The van der Waals surface area contributed by atoms with E-state index < -0.39 is 46.6 Å². The molecule has 2 aromatic rings. The highest BCUT2D eigenvalue weighted by molar-refractivity contribution is 5.90. The fraction of sp³-hybridized carbons (Fsp3) is 0.312. The van der Waals surface area contributed by atoms with Gasteiger partial charge in [0.05, 0.1) is 17.4 Å². The van der Waals surface area contributed by atoms with E-state index >= 15 is 0 Å². The number of hydrogen-bond donors (Lipinski definition) is 0. The first kappa shape index (κ1) is 19.4. The van der Waals surface area contributed by atoms with Crippen molar-refractivity contribution in [3.63, 3.8) is 0 Å². The Labute approximate surface area is 144 Å². The molecule has 0 N–H and O–H groups in total. The molecule has 0 saturated heterocycles. The van der Waals surface area contributed by atoms with Crippen molar-refractivity contribution in [1.82, 2.24) is 9.13 Å². The van der Waals surface area contributed by atoms with Gasteiger partial charge in [0.2, 0.25) is 0 Å². The lowest BCUT2D eigenvalue weighted by Crippen LogP contribution is -2.40. The van der Waals surface area contributed by atoms with Crippen LogP contribution in [-0.2, 0) is 18.0 Å². The number of rotatable bonds is 3. The zero-order valence-electron chi connectivity index (χ0n) is 13.9. The summed E-state index contributed by atoms with van der Waals surface area (Å²) in [5.74, 6) is -1.99. The van der Waals surface area contributed by atoms with Crippen molar-refractivity contribution in [2.75, 3.05) is 0 Å². The molecular formula is C16H14F4N2O4. The van der Waals surface area contributed by atoms with Crippen LogP contribution in [0.3, 0.4) is 0 Å². The van der Waals surface area contributed by atoms with Gasteiger partial charge in [-0.25, -0.2) is 18.5 Å². The first-order valence-corrected chi connectivity index (χ1v) is 7.34. The maximum Gasteiger partial charge on any atom is 0.431 e. The number of aromatic nitrogens is 2. The minimum Gasteiger partial charge on any atom is -0.459 e. The molecule has 0 spiro atoms. The molecule has 0 fully saturated rings. The molecule has 140 valence electrons. The molecular weight excluding hydrogens is 360 g/mol. The van der Waals surface area contributed by atoms with Crippen LogP contribution in [0.1, 0.15) is 29.9 Å². The number of carbonyl (C=O) groups is 1. The molecule has 0 aliphatic rings. The highest BCUT2D eigenvalue weighted by Gasteiger charge is 2.35. The molecule has 0 saturated carbocycles. The van der Waals surface area contributed by atoms with Crippen molar-refractivity contribution < 1.29 is 27.1 Å². The van der Waals surface area contributed by atoms with Gasteiger partial charge < -0.3 is 4.74 Å². The number of benzene rings is 1. The van der Waals surface area contributed by atoms with Crippen LogP contribution in [0, 0.1) is 5.82 Å². The monoisotopic (exact) mass is 374 g/mol. The van der Waals surface area contributed by atoms with Gasteiger partial charge in [0.1, 0.15) is 11.5 Å². The Balaban J connectivity index is 2.67. The van der Waals surface area contributed by atoms with Gasteiger partial charge in [-0.05, 0) is 32.0 Å². The van der Waals surface area contributed by atoms with Gasteiger partial charge in [-0.2, -0.15) is 13.2 Å². The first-order valence-electron chi connectivity index (χ1n) is 7.34. The fourth-order valence-corrected chi connectivity index (χ4v) is 2.22. The topological polar surface area (TPSA) is 70.3 Å². The highest BCUT2D eigenvalue weighted by Crippen LogP contribution is 2.27. The van der Waals surface area contributed by atoms with Crippen LogP contribution >= 0.6 is 0 Å². The van der Waals surface area contributed by atoms with Gasteiger partial charge in [-0.15, -0.1) is 0 Å².